The average Bonchev–Trinajstić information content (AvgIpc) is 3.18. The molecular formula is C16H25N3O2. The third kappa shape index (κ3) is 3.27. The van der Waals surface area contributed by atoms with Crippen LogP contribution in [0.3, 0.4) is 0 Å². The van der Waals surface area contributed by atoms with Crippen molar-refractivity contribution in [3.05, 3.63) is 11.7 Å². The van der Waals surface area contributed by atoms with Gasteiger partial charge in [-0.1, -0.05) is 24.9 Å². The Balaban J connectivity index is 1.63. The van der Waals surface area contributed by atoms with Gasteiger partial charge in [-0.05, 0) is 32.1 Å². The predicted molar refractivity (Wildman–Crippen MR) is 78.8 cm³/mol. The zero-order chi connectivity index (χ0) is 14.7. The maximum Gasteiger partial charge on any atom is 0.231 e. The third-order valence-electron chi connectivity index (χ3n) is 4.74. The standard InChI is InChI=1S/C16H25N3O2/c1-2-6-14-17-15(21-18-14)13-9-5-10-19(11-13)16(20)12-7-3-4-8-12/h12-13H,2-11H2,1H3/t13-/m0/s1. The van der Waals surface area contributed by atoms with Gasteiger partial charge in [0.15, 0.2) is 5.82 Å². The van der Waals surface area contributed by atoms with E-state index in [0.29, 0.717) is 5.91 Å². The molecule has 1 aliphatic heterocycles. The van der Waals surface area contributed by atoms with Crippen LogP contribution in [0.25, 0.3) is 0 Å². The van der Waals surface area contributed by atoms with Crippen LogP contribution in [0.4, 0.5) is 0 Å². The molecule has 0 radical (unpaired) electrons. The molecule has 0 aromatic carbocycles. The molecule has 1 aromatic rings. The van der Waals surface area contributed by atoms with Crippen LogP contribution in [-0.4, -0.2) is 34.0 Å². The van der Waals surface area contributed by atoms with Crippen LogP contribution in [0, 0.1) is 5.92 Å². The van der Waals surface area contributed by atoms with E-state index in [-0.39, 0.29) is 11.8 Å². The molecule has 2 heterocycles. The van der Waals surface area contributed by atoms with Crippen molar-refractivity contribution in [2.45, 2.75) is 64.2 Å². The number of amides is 1. The Morgan fingerprint density at radius 1 is 1.29 bits per heavy atom. The lowest BCUT2D eigenvalue weighted by atomic mass is 9.96. The molecule has 0 unspecified atom stereocenters. The molecular weight excluding hydrogens is 266 g/mol. The molecule has 1 atom stereocenters. The Kier molecular flexibility index (Phi) is 4.56. The Morgan fingerprint density at radius 2 is 2.10 bits per heavy atom. The molecule has 2 fully saturated rings. The first-order valence-corrected chi connectivity index (χ1v) is 8.39. The van der Waals surface area contributed by atoms with E-state index >= 15 is 0 Å². The Bertz CT molecular complexity index is 480. The number of hydrogen-bond acceptors (Lipinski definition) is 4. The topological polar surface area (TPSA) is 59.2 Å². The molecule has 1 saturated carbocycles. The first-order valence-electron chi connectivity index (χ1n) is 8.39. The average molecular weight is 291 g/mol. The highest BCUT2D eigenvalue weighted by Crippen LogP contribution is 2.31. The number of hydrogen-bond donors (Lipinski definition) is 0. The van der Waals surface area contributed by atoms with Gasteiger partial charge in [-0.15, -0.1) is 0 Å². The summed E-state index contributed by atoms with van der Waals surface area (Å²) in [5.41, 5.74) is 0. The highest BCUT2D eigenvalue weighted by Gasteiger charge is 2.32. The first-order chi connectivity index (χ1) is 10.3. The number of likely N-dealkylation sites (tertiary alicyclic amines) is 1. The van der Waals surface area contributed by atoms with E-state index in [1.807, 2.05) is 4.90 Å². The summed E-state index contributed by atoms with van der Waals surface area (Å²) < 4.78 is 5.41. The van der Waals surface area contributed by atoms with Crippen LogP contribution in [-0.2, 0) is 11.2 Å². The number of aromatic nitrogens is 2. The fraction of sp³-hybridized carbons (Fsp3) is 0.812. The van der Waals surface area contributed by atoms with E-state index < -0.39 is 0 Å². The van der Waals surface area contributed by atoms with Crippen molar-refractivity contribution in [3.8, 4) is 0 Å². The summed E-state index contributed by atoms with van der Waals surface area (Å²) in [5.74, 6) is 2.36. The lowest BCUT2D eigenvalue weighted by molar-refractivity contribution is -0.136. The van der Waals surface area contributed by atoms with Gasteiger partial charge < -0.3 is 9.42 Å². The predicted octanol–water partition coefficient (Wildman–Crippen LogP) is 2.92. The third-order valence-corrected chi connectivity index (χ3v) is 4.74. The molecule has 2 aliphatic rings. The van der Waals surface area contributed by atoms with Crippen LogP contribution < -0.4 is 0 Å². The normalized spacial score (nSPS) is 23.7. The van der Waals surface area contributed by atoms with Gasteiger partial charge in [0.25, 0.3) is 0 Å². The second-order valence-electron chi connectivity index (χ2n) is 6.40. The fourth-order valence-corrected chi connectivity index (χ4v) is 3.57. The molecule has 1 aromatic heterocycles. The van der Waals surface area contributed by atoms with E-state index in [9.17, 15) is 4.79 Å². The lowest BCUT2D eigenvalue weighted by Gasteiger charge is -2.32. The molecule has 116 valence electrons. The van der Waals surface area contributed by atoms with Crippen molar-refractivity contribution in [2.75, 3.05) is 13.1 Å². The van der Waals surface area contributed by atoms with Crippen molar-refractivity contribution in [2.24, 2.45) is 5.92 Å². The molecule has 21 heavy (non-hydrogen) atoms. The molecule has 0 spiro atoms. The number of piperidine rings is 1. The van der Waals surface area contributed by atoms with Gasteiger partial charge in [0.05, 0.1) is 5.92 Å². The van der Waals surface area contributed by atoms with Crippen LogP contribution in [0.2, 0.25) is 0 Å². The van der Waals surface area contributed by atoms with Gasteiger partial charge in [-0.3, -0.25) is 4.79 Å². The van der Waals surface area contributed by atoms with Crippen LogP contribution in [0.1, 0.15) is 69.5 Å². The highest BCUT2D eigenvalue weighted by atomic mass is 16.5. The minimum absolute atomic E-state index is 0.224. The van der Waals surface area contributed by atoms with Gasteiger partial charge in [0.2, 0.25) is 11.8 Å². The summed E-state index contributed by atoms with van der Waals surface area (Å²) >= 11 is 0. The number of aryl methyl sites for hydroxylation is 1. The van der Waals surface area contributed by atoms with E-state index in [4.69, 9.17) is 4.52 Å². The molecule has 1 amide bonds. The largest absolute Gasteiger partial charge is 0.342 e. The zero-order valence-electron chi connectivity index (χ0n) is 12.9. The molecule has 0 bridgehead atoms. The van der Waals surface area contributed by atoms with E-state index in [1.54, 1.807) is 0 Å². The Hall–Kier alpha value is -1.39. The van der Waals surface area contributed by atoms with Crippen LogP contribution in [0.15, 0.2) is 4.52 Å². The smallest absolute Gasteiger partial charge is 0.231 e. The van der Waals surface area contributed by atoms with Gasteiger partial charge in [0.1, 0.15) is 0 Å². The van der Waals surface area contributed by atoms with Crippen molar-refractivity contribution in [3.63, 3.8) is 0 Å². The maximum absolute atomic E-state index is 12.5. The van der Waals surface area contributed by atoms with E-state index in [1.165, 1.54) is 12.8 Å². The minimum Gasteiger partial charge on any atom is -0.342 e. The molecule has 5 nitrogen and oxygen atoms in total. The van der Waals surface area contributed by atoms with Gasteiger partial charge >= 0.3 is 0 Å². The van der Waals surface area contributed by atoms with Crippen molar-refractivity contribution >= 4 is 5.91 Å². The Labute approximate surface area is 126 Å². The molecule has 1 aliphatic carbocycles. The molecule has 1 saturated heterocycles. The van der Waals surface area contributed by atoms with E-state index in [0.717, 1.165) is 63.3 Å². The monoisotopic (exact) mass is 291 g/mol. The second-order valence-corrected chi connectivity index (χ2v) is 6.40. The summed E-state index contributed by atoms with van der Waals surface area (Å²) in [6.07, 6.45) is 8.52. The van der Waals surface area contributed by atoms with Gasteiger partial charge in [-0.2, -0.15) is 4.98 Å². The van der Waals surface area contributed by atoms with Crippen molar-refractivity contribution in [1.29, 1.82) is 0 Å². The lowest BCUT2D eigenvalue weighted by Crippen LogP contribution is -2.41. The first kappa shape index (κ1) is 14.5. The maximum atomic E-state index is 12.5. The summed E-state index contributed by atoms with van der Waals surface area (Å²) in [7, 11) is 0. The van der Waals surface area contributed by atoms with Gasteiger partial charge in [0, 0.05) is 25.4 Å². The van der Waals surface area contributed by atoms with Crippen molar-refractivity contribution < 1.29 is 9.32 Å². The minimum atomic E-state index is 0.224. The number of rotatable bonds is 4. The summed E-state index contributed by atoms with van der Waals surface area (Å²) in [6.45, 7) is 3.75. The number of nitrogens with zero attached hydrogens (tertiary/aromatic N) is 3. The Morgan fingerprint density at radius 3 is 2.86 bits per heavy atom. The summed E-state index contributed by atoms with van der Waals surface area (Å²) in [5, 5.41) is 4.04. The van der Waals surface area contributed by atoms with E-state index in [2.05, 4.69) is 17.1 Å². The summed E-state index contributed by atoms with van der Waals surface area (Å²) in [4.78, 5) is 19.1. The second kappa shape index (κ2) is 6.58. The van der Waals surface area contributed by atoms with Crippen molar-refractivity contribution in [1.82, 2.24) is 15.0 Å². The molecule has 3 rings (SSSR count). The highest BCUT2D eigenvalue weighted by molar-refractivity contribution is 5.79. The quantitative estimate of drug-likeness (QED) is 0.856. The van der Waals surface area contributed by atoms with Crippen LogP contribution >= 0.6 is 0 Å². The zero-order valence-corrected chi connectivity index (χ0v) is 12.9. The van der Waals surface area contributed by atoms with Crippen LogP contribution in [0.5, 0.6) is 0 Å². The van der Waals surface area contributed by atoms with Gasteiger partial charge in [-0.25, -0.2) is 0 Å². The molecule has 0 N–H and O–H groups in total. The summed E-state index contributed by atoms with van der Waals surface area (Å²) in [6, 6.07) is 0. The number of carbonyl (C=O) groups excluding carboxylic acids is 1. The number of carbonyl (C=O) groups is 1. The fourth-order valence-electron chi connectivity index (χ4n) is 3.57. The molecule has 5 heteroatoms. The SMILES string of the molecule is CCCc1noc([C@H]2CCCN(C(=O)C3CCCC3)C2)n1.